The molecule has 5 nitrogen and oxygen atoms in total. The molecule has 0 saturated heterocycles. The molecule has 1 amide bonds. The zero-order valence-corrected chi connectivity index (χ0v) is 14.1. The van der Waals surface area contributed by atoms with Gasteiger partial charge in [0.25, 0.3) is 5.91 Å². The number of hydrogen-bond acceptors (Lipinski definition) is 4. The molecule has 1 N–H and O–H groups in total. The van der Waals surface area contributed by atoms with E-state index in [0.29, 0.717) is 11.4 Å². The third-order valence-electron chi connectivity index (χ3n) is 3.62. The zero-order chi connectivity index (χ0) is 17.5. The summed E-state index contributed by atoms with van der Waals surface area (Å²) >= 11 is 0. The molecule has 24 heavy (non-hydrogen) atoms. The van der Waals surface area contributed by atoms with Crippen LogP contribution in [0.2, 0.25) is 0 Å². The number of nitrogens with one attached hydrogen (secondary N) is 1. The fraction of sp³-hybridized carbons (Fsp3) is 0.263. The van der Waals surface area contributed by atoms with Gasteiger partial charge in [-0.2, -0.15) is 0 Å². The van der Waals surface area contributed by atoms with E-state index < -0.39 is 5.97 Å². The smallest absolute Gasteiger partial charge is 0.344 e. The summed E-state index contributed by atoms with van der Waals surface area (Å²) < 4.78 is 10.2. The number of anilines is 1. The van der Waals surface area contributed by atoms with Crippen LogP contribution in [0.1, 0.15) is 16.7 Å². The lowest BCUT2D eigenvalue weighted by molar-refractivity contribution is -0.149. The van der Waals surface area contributed by atoms with Crippen molar-refractivity contribution in [2.24, 2.45) is 0 Å². The Balaban J connectivity index is 1.75. The second kappa shape index (κ2) is 8.15. The summed E-state index contributed by atoms with van der Waals surface area (Å²) in [5, 5.41) is 2.73. The Hall–Kier alpha value is -2.82. The molecule has 0 unspecified atom stereocenters. The molecular weight excluding hydrogens is 306 g/mol. The van der Waals surface area contributed by atoms with Gasteiger partial charge in [0.05, 0.1) is 0 Å². The Morgan fingerprint density at radius 2 is 1.67 bits per heavy atom. The summed E-state index contributed by atoms with van der Waals surface area (Å²) in [6, 6.07) is 13.0. The fourth-order valence-electron chi connectivity index (χ4n) is 2.04. The molecule has 0 aromatic heterocycles. The van der Waals surface area contributed by atoms with Gasteiger partial charge in [-0.1, -0.05) is 29.8 Å². The van der Waals surface area contributed by atoms with E-state index in [1.165, 1.54) is 0 Å². The van der Waals surface area contributed by atoms with Crippen molar-refractivity contribution in [2.75, 3.05) is 18.5 Å². The maximum absolute atomic E-state index is 11.9. The summed E-state index contributed by atoms with van der Waals surface area (Å²) in [6.45, 7) is 5.27. The van der Waals surface area contributed by atoms with Crippen LogP contribution in [0.25, 0.3) is 0 Å². The van der Waals surface area contributed by atoms with Crippen LogP contribution in [0.4, 0.5) is 5.69 Å². The maximum Gasteiger partial charge on any atom is 0.344 e. The topological polar surface area (TPSA) is 64.6 Å². The van der Waals surface area contributed by atoms with Crippen molar-refractivity contribution in [1.82, 2.24) is 0 Å². The summed E-state index contributed by atoms with van der Waals surface area (Å²) in [5.74, 6) is -0.392. The standard InChI is InChI=1S/C19H21NO4/c1-13-7-9-16(10-8-13)23-12-19(22)24-11-18(21)20-17-6-4-5-14(2)15(17)3/h4-10H,11-12H2,1-3H3,(H,20,21). The monoisotopic (exact) mass is 327 g/mol. The normalized spacial score (nSPS) is 10.1. The van der Waals surface area contributed by atoms with E-state index in [4.69, 9.17) is 9.47 Å². The van der Waals surface area contributed by atoms with E-state index in [1.807, 2.05) is 51.1 Å². The highest BCUT2D eigenvalue weighted by Crippen LogP contribution is 2.17. The van der Waals surface area contributed by atoms with Crippen LogP contribution >= 0.6 is 0 Å². The van der Waals surface area contributed by atoms with E-state index in [2.05, 4.69) is 5.32 Å². The molecule has 0 atom stereocenters. The molecule has 0 aliphatic rings. The number of amides is 1. The highest BCUT2D eigenvalue weighted by atomic mass is 16.6. The van der Waals surface area contributed by atoms with Gasteiger partial charge in [0.15, 0.2) is 13.2 Å². The molecular formula is C19H21NO4. The van der Waals surface area contributed by atoms with Gasteiger partial charge in [-0.3, -0.25) is 4.79 Å². The van der Waals surface area contributed by atoms with Crippen LogP contribution < -0.4 is 10.1 Å². The second-order valence-electron chi connectivity index (χ2n) is 5.56. The lowest BCUT2D eigenvalue weighted by Crippen LogP contribution is -2.24. The van der Waals surface area contributed by atoms with E-state index in [0.717, 1.165) is 16.7 Å². The molecule has 2 rings (SSSR count). The average Bonchev–Trinajstić information content (AvgIpc) is 2.56. The van der Waals surface area contributed by atoms with E-state index >= 15 is 0 Å². The lowest BCUT2D eigenvalue weighted by atomic mass is 10.1. The summed E-state index contributed by atoms with van der Waals surface area (Å²) in [6.07, 6.45) is 0. The number of aryl methyl sites for hydroxylation is 2. The first-order valence-corrected chi connectivity index (χ1v) is 7.67. The third kappa shape index (κ3) is 5.12. The van der Waals surface area contributed by atoms with Crippen molar-refractivity contribution in [3.63, 3.8) is 0 Å². The molecule has 2 aromatic carbocycles. The van der Waals surface area contributed by atoms with Crippen molar-refractivity contribution in [3.05, 3.63) is 59.2 Å². The lowest BCUT2D eigenvalue weighted by Gasteiger charge is -2.11. The molecule has 0 fully saturated rings. The van der Waals surface area contributed by atoms with Crippen molar-refractivity contribution >= 4 is 17.6 Å². The van der Waals surface area contributed by atoms with Crippen molar-refractivity contribution in [3.8, 4) is 5.75 Å². The largest absolute Gasteiger partial charge is 0.482 e. The molecule has 126 valence electrons. The Morgan fingerprint density at radius 1 is 0.958 bits per heavy atom. The number of carbonyl (C=O) groups excluding carboxylic acids is 2. The predicted molar refractivity (Wildman–Crippen MR) is 92.2 cm³/mol. The SMILES string of the molecule is Cc1ccc(OCC(=O)OCC(=O)Nc2cccc(C)c2C)cc1. The van der Waals surface area contributed by atoms with Crippen LogP contribution in [0, 0.1) is 20.8 Å². The van der Waals surface area contributed by atoms with Gasteiger partial charge in [-0.05, 0) is 50.1 Å². The number of ether oxygens (including phenoxy) is 2. The van der Waals surface area contributed by atoms with E-state index in [-0.39, 0.29) is 19.1 Å². The Kier molecular flexibility index (Phi) is 5.95. The number of esters is 1. The molecule has 0 aliphatic carbocycles. The Labute approximate surface area is 141 Å². The van der Waals surface area contributed by atoms with Crippen LogP contribution in [0.15, 0.2) is 42.5 Å². The second-order valence-corrected chi connectivity index (χ2v) is 5.56. The number of hydrogen-bond donors (Lipinski definition) is 1. The van der Waals surface area contributed by atoms with Gasteiger partial charge < -0.3 is 14.8 Å². The van der Waals surface area contributed by atoms with Crippen LogP contribution in [0.3, 0.4) is 0 Å². The zero-order valence-electron chi connectivity index (χ0n) is 14.1. The van der Waals surface area contributed by atoms with E-state index in [9.17, 15) is 9.59 Å². The highest BCUT2D eigenvalue weighted by molar-refractivity contribution is 5.93. The minimum Gasteiger partial charge on any atom is -0.482 e. The summed E-state index contributed by atoms with van der Waals surface area (Å²) in [7, 11) is 0. The molecule has 5 heteroatoms. The Morgan fingerprint density at radius 3 is 2.38 bits per heavy atom. The predicted octanol–water partition coefficient (Wildman–Crippen LogP) is 3.17. The fourth-order valence-corrected chi connectivity index (χ4v) is 2.04. The Bertz CT molecular complexity index is 723. The number of benzene rings is 2. The van der Waals surface area contributed by atoms with Crippen molar-refractivity contribution in [1.29, 1.82) is 0 Å². The molecule has 0 saturated carbocycles. The van der Waals surface area contributed by atoms with Crippen molar-refractivity contribution < 1.29 is 19.1 Å². The summed E-state index contributed by atoms with van der Waals surface area (Å²) in [5.41, 5.74) is 3.89. The number of carbonyl (C=O) groups is 2. The summed E-state index contributed by atoms with van der Waals surface area (Å²) in [4.78, 5) is 23.5. The maximum atomic E-state index is 11.9. The molecule has 0 bridgehead atoms. The molecule has 0 radical (unpaired) electrons. The van der Waals surface area contributed by atoms with Crippen molar-refractivity contribution in [2.45, 2.75) is 20.8 Å². The minimum absolute atomic E-state index is 0.236. The average molecular weight is 327 g/mol. The third-order valence-corrected chi connectivity index (χ3v) is 3.62. The quantitative estimate of drug-likeness (QED) is 0.828. The first-order chi connectivity index (χ1) is 11.5. The van der Waals surface area contributed by atoms with Gasteiger partial charge in [0.1, 0.15) is 5.75 Å². The first kappa shape index (κ1) is 17.5. The number of rotatable bonds is 6. The van der Waals surface area contributed by atoms with Gasteiger partial charge in [-0.25, -0.2) is 4.79 Å². The highest BCUT2D eigenvalue weighted by Gasteiger charge is 2.10. The van der Waals surface area contributed by atoms with Crippen LogP contribution in [-0.2, 0) is 14.3 Å². The van der Waals surface area contributed by atoms with Gasteiger partial charge in [0.2, 0.25) is 0 Å². The minimum atomic E-state index is -0.591. The van der Waals surface area contributed by atoms with Gasteiger partial charge in [-0.15, -0.1) is 0 Å². The van der Waals surface area contributed by atoms with Gasteiger partial charge in [0, 0.05) is 5.69 Å². The molecule has 0 spiro atoms. The molecule has 0 aliphatic heterocycles. The van der Waals surface area contributed by atoms with Gasteiger partial charge >= 0.3 is 5.97 Å². The molecule has 2 aromatic rings. The van der Waals surface area contributed by atoms with Crippen LogP contribution in [0.5, 0.6) is 5.75 Å². The van der Waals surface area contributed by atoms with Crippen LogP contribution in [-0.4, -0.2) is 25.1 Å². The first-order valence-electron chi connectivity index (χ1n) is 7.67. The van der Waals surface area contributed by atoms with E-state index in [1.54, 1.807) is 12.1 Å². The molecule has 0 heterocycles.